The summed E-state index contributed by atoms with van der Waals surface area (Å²) in [7, 11) is 0. The molecule has 2 heterocycles. The molecular formula is C33H50N2O4. The lowest BCUT2D eigenvalue weighted by Gasteiger charge is -2.19. The molecule has 39 heavy (non-hydrogen) atoms. The highest BCUT2D eigenvalue weighted by atomic mass is 16.2. The number of benzene rings is 1. The normalized spacial score (nSPS) is 14.0. The monoisotopic (exact) mass is 538 g/mol. The van der Waals surface area contributed by atoms with Crippen molar-refractivity contribution in [1.29, 1.82) is 0 Å². The Bertz CT molecular complexity index is 1350. The van der Waals surface area contributed by atoms with E-state index in [9.17, 15) is 19.2 Å². The molecule has 0 saturated heterocycles. The fraction of sp³-hybridized carbons (Fsp3) is 0.697. The predicted octanol–water partition coefficient (Wildman–Crippen LogP) is 7.03. The molecule has 0 aliphatic rings. The van der Waals surface area contributed by atoms with Crippen molar-refractivity contribution in [1.82, 2.24) is 9.13 Å². The lowest BCUT2D eigenvalue weighted by molar-refractivity contribution is 0.322. The largest absolute Gasteiger partial charge is 0.274 e. The molecule has 2 unspecified atom stereocenters. The molecule has 216 valence electrons. The molecule has 3 aromatic rings. The smallest absolute Gasteiger partial charge is 0.262 e. The summed E-state index contributed by atoms with van der Waals surface area (Å²) in [5.41, 5.74) is -2.22. The molecule has 0 amide bonds. The minimum atomic E-state index is -0.679. The van der Waals surface area contributed by atoms with E-state index in [4.69, 9.17) is 0 Å². The van der Waals surface area contributed by atoms with Gasteiger partial charge in [0.1, 0.15) is 0 Å². The highest BCUT2D eigenvalue weighted by Crippen LogP contribution is 2.24. The average molecular weight is 539 g/mol. The van der Waals surface area contributed by atoms with Crippen LogP contribution in [0.3, 0.4) is 0 Å². The maximum Gasteiger partial charge on any atom is 0.262 e. The molecule has 2 aromatic heterocycles. The summed E-state index contributed by atoms with van der Waals surface area (Å²) in [6, 6.07) is 2.90. The predicted molar refractivity (Wildman–Crippen MR) is 164 cm³/mol. The van der Waals surface area contributed by atoms with E-state index in [0.29, 0.717) is 6.54 Å². The van der Waals surface area contributed by atoms with Crippen molar-refractivity contribution in [2.75, 3.05) is 0 Å². The number of nitrogens with zero attached hydrogens (tertiary/aromatic N) is 2. The third kappa shape index (κ3) is 7.37. The summed E-state index contributed by atoms with van der Waals surface area (Å²) < 4.78 is 2.48. The third-order valence-electron chi connectivity index (χ3n) is 8.67. The van der Waals surface area contributed by atoms with E-state index in [1.165, 1.54) is 85.5 Å². The quantitative estimate of drug-likeness (QED) is 0.183. The zero-order valence-corrected chi connectivity index (χ0v) is 25.2. The Morgan fingerprint density at radius 3 is 1.41 bits per heavy atom. The zero-order valence-electron chi connectivity index (χ0n) is 25.2. The zero-order chi connectivity index (χ0) is 28.7. The van der Waals surface area contributed by atoms with Crippen LogP contribution in [0.1, 0.15) is 125 Å². The van der Waals surface area contributed by atoms with Crippen molar-refractivity contribution in [3.8, 4) is 0 Å². The summed E-state index contributed by atoms with van der Waals surface area (Å²) >= 11 is 0. The fourth-order valence-electron chi connectivity index (χ4n) is 5.92. The van der Waals surface area contributed by atoms with Gasteiger partial charge in [0, 0.05) is 12.1 Å². The second kappa shape index (κ2) is 13.7. The van der Waals surface area contributed by atoms with Crippen LogP contribution in [0.15, 0.2) is 31.3 Å². The SMILES string of the molecule is CCCCCCCCC(C)C(C)CCCCCCCn1c(=O)c2cc3c(=O)n(C(C)(C)C)c(=O)c3cc2c1=O. The van der Waals surface area contributed by atoms with Gasteiger partial charge in [0.25, 0.3) is 22.2 Å². The molecule has 0 aliphatic carbocycles. The second-order valence-corrected chi connectivity index (χ2v) is 12.9. The van der Waals surface area contributed by atoms with Gasteiger partial charge in [-0.25, -0.2) is 0 Å². The van der Waals surface area contributed by atoms with Crippen LogP contribution in [0, 0.1) is 11.8 Å². The minimum Gasteiger partial charge on any atom is -0.274 e. The van der Waals surface area contributed by atoms with Gasteiger partial charge in [0.15, 0.2) is 0 Å². The van der Waals surface area contributed by atoms with Gasteiger partial charge in [-0.15, -0.1) is 0 Å². The lowest BCUT2D eigenvalue weighted by atomic mass is 9.86. The Morgan fingerprint density at radius 2 is 0.974 bits per heavy atom. The van der Waals surface area contributed by atoms with E-state index < -0.39 is 16.7 Å². The van der Waals surface area contributed by atoms with Gasteiger partial charge in [0.05, 0.1) is 21.5 Å². The van der Waals surface area contributed by atoms with E-state index in [1.807, 2.05) is 0 Å². The van der Waals surface area contributed by atoms with Gasteiger partial charge in [-0.2, -0.15) is 0 Å². The molecule has 6 heteroatoms. The van der Waals surface area contributed by atoms with Crippen molar-refractivity contribution in [3.05, 3.63) is 53.5 Å². The third-order valence-corrected chi connectivity index (χ3v) is 8.67. The van der Waals surface area contributed by atoms with Gasteiger partial charge in [-0.1, -0.05) is 97.8 Å². The maximum atomic E-state index is 13.0. The fourth-order valence-corrected chi connectivity index (χ4v) is 5.92. The topological polar surface area (TPSA) is 78.1 Å². The van der Waals surface area contributed by atoms with E-state index in [-0.39, 0.29) is 32.7 Å². The summed E-state index contributed by atoms with van der Waals surface area (Å²) in [4.78, 5) is 51.8. The molecule has 2 atom stereocenters. The van der Waals surface area contributed by atoms with Crippen molar-refractivity contribution in [3.63, 3.8) is 0 Å². The Morgan fingerprint density at radius 1 is 0.590 bits per heavy atom. The van der Waals surface area contributed by atoms with Crippen molar-refractivity contribution < 1.29 is 0 Å². The molecule has 0 radical (unpaired) electrons. The molecule has 1 aromatic carbocycles. The first kappa shape index (κ1) is 31.0. The molecular weight excluding hydrogens is 488 g/mol. The van der Waals surface area contributed by atoms with Crippen LogP contribution in [-0.2, 0) is 12.1 Å². The molecule has 0 saturated carbocycles. The molecule has 6 nitrogen and oxygen atoms in total. The van der Waals surface area contributed by atoms with Crippen LogP contribution in [0.4, 0.5) is 0 Å². The van der Waals surface area contributed by atoms with E-state index in [0.717, 1.165) is 31.1 Å². The standard InChI is InChI=1S/C33H50N2O4/c1-7-8-9-10-12-15-18-23(2)24(3)19-16-13-11-14-17-20-34-29(36)25-21-27-28(22-26(25)30(34)37)32(39)35(31(27)38)33(4,5)6/h21-24H,7-20H2,1-6H3. The van der Waals surface area contributed by atoms with Crippen molar-refractivity contribution in [2.45, 2.75) is 137 Å². The van der Waals surface area contributed by atoms with Crippen LogP contribution in [0.25, 0.3) is 21.5 Å². The van der Waals surface area contributed by atoms with E-state index in [2.05, 4.69) is 20.8 Å². The second-order valence-electron chi connectivity index (χ2n) is 12.9. The molecule has 0 N–H and O–H groups in total. The van der Waals surface area contributed by atoms with Gasteiger partial charge in [-0.3, -0.25) is 28.3 Å². The number of rotatable bonds is 16. The van der Waals surface area contributed by atoms with Gasteiger partial charge in [0.2, 0.25) is 0 Å². The first-order chi connectivity index (χ1) is 18.5. The Hall–Kier alpha value is -2.50. The summed E-state index contributed by atoms with van der Waals surface area (Å²) in [5.74, 6) is 1.54. The first-order valence-corrected chi connectivity index (χ1v) is 15.4. The lowest BCUT2D eigenvalue weighted by Crippen LogP contribution is -2.38. The molecule has 0 fully saturated rings. The Balaban J connectivity index is 1.48. The van der Waals surface area contributed by atoms with E-state index in [1.54, 1.807) is 20.8 Å². The van der Waals surface area contributed by atoms with Gasteiger partial charge >= 0.3 is 0 Å². The Labute approximate surface area is 233 Å². The van der Waals surface area contributed by atoms with Crippen LogP contribution in [0.5, 0.6) is 0 Å². The maximum absolute atomic E-state index is 13.0. The van der Waals surface area contributed by atoms with Crippen molar-refractivity contribution in [2.24, 2.45) is 11.8 Å². The van der Waals surface area contributed by atoms with E-state index >= 15 is 0 Å². The molecule has 3 rings (SSSR count). The van der Waals surface area contributed by atoms with Crippen LogP contribution < -0.4 is 22.2 Å². The summed E-state index contributed by atoms with van der Waals surface area (Å²) in [6.45, 7) is 12.8. The Kier molecular flexibility index (Phi) is 10.9. The highest BCUT2D eigenvalue weighted by molar-refractivity contribution is 5.97. The number of unbranched alkanes of at least 4 members (excludes halogenated alkanes) is 9. The number of fused-ring (bicyclic) bond motifs is 2. The highest BCUT2D eigenvalue weighted by Gasteiger charge is 2.24. The van der Waals surface area contributed by atoms with Gasteiger partial charge in [-0.05, 0) is 51.2 Å². The molecule has 0 aliphatic heterocycles. The van der Waals surface area contributed by atoms with Crippen LogP contribution in [-0.4, -0.2) is 9.13 Å². The molecule has 0 spiro atoms. The summed E-state index contributed by atoms with van der Waals surface area (Å²) in [6.07, 6.45) is 16.0. The van der Waals surface area contributed by atoms with Gasteiger partial charge < -0.3 is 0 Å². The minimum absolute atomic E-state index is 0.215. The van der Waals surface area contributed by atoms with Crippen LogP contribution in [0.2, 0.25) is 0 Å². The average Bonchev–Trinajstić information content (AvgIpc) is 3.27. The molecule has 0 bridgehead atoms. The number of aromatic nitrogens is 2. The summed E-state index contributed by atoms with van der Waals surface area (Å²) in [5, 5.41) is 0.902. The first-order valence-electron chi connectivity index (χ1n) is 15.4. The van der Waals surface area contributed by atoms with Crippen molar-refractivity contribution >= 4 is 21.5 Å². The number of hydrogen-bond acceptors (Lipinski definition) is 4. The van der Waals surface area contributed by atoms with Crippen LogP contribution >= 0.6 is 0 Å². The number of hydrogen-bond donors (Lipinski definition) is 0.